The summed E-state index contributed by atoms with van der Waals surface area (Å²) >= 11 is 0. The van der Waals surface area contributed by atoms with E-state index in [1.165, 1.54) is 0 Å². The van der Waals surface area contributed by atoms with E-state index in [1.807, 2.05) is 0 Å². The summed E-state index contributed by atoms with van der Waals surface area (Å²) in [5, 5.41) is 35.9. The quantitative estimate of drug-likeness (QED) is 0.322. The minimum absolute atomic E-state index is 0.00882. The van der Waals surface area contributed by atoms with Crippen molar-refractivity contribution in [1.82, 2.24) is 21.3 Å². The van der Waals surface area contributed by atoms with Crippen LogP contribution in [0.1, 0.15) is 25.7 Å². The van der Waals surface area contributed by atoms with Gasteiger partial charge in [-0.15, -0.1) is 0 Å². The molecule has 0 radical (unpaired) electrons. The van der Waals surface area contributed by atoms with Crippen LogP contribution in [0.15, 0.2) is 36.5 Å². The highest BCUT2D eigenvalue weighted by molar-refractivity contribution is 5.21. The van der Waals surface area contributed by atoms with E-state index in [0.717, 1.165) is 25.7 Å². The topological polar surface area (TPSA) is 88.6 Å². The highest BCUT2D eigenvalue weighted by Gasteiger charge is 2.38. The summed E-state index contributed by atoms with van der Waals surface area (Å²) in [6.07, 6.45) is 16.1. The van der Waals surface area contributed by atoms with Crippen LogP contribution in [0.25, 0.3) is 0 Å². The molecule has 8 bridgehead atoms. The van der Waals surface area contributed by atoms with Crippen molar-refractivity contribution in [3.8, 4) is 0 Å². The second-order valence-corrected chi connectivity index (χ2v) is 8.55. The molecule has 5 heterocycles. The lowest BCUT2D eigenvalue weighted by molar-refractivity contribution is 0.105. The van der Waals surface area contributed by atoms with Crippen molar-refractivity contribution in [2.24, 2.45) is 0 Å². The molecular formula is C20H30N4O2. The zero-order valence-electron chi connectivity index (χ0n) is 15.0. The summed E-state index contributed by atoms with van der Waals surface area (Å²) in [6, 6.07) is 1.34. The molecule has 0 aromatic heterocycles. The van der Waals surface area contributed by atoms with Crippen molar-refractivity contribution < 1.29 is 10.2 Å². The Hall–Kier alpha value is -1.02. The maximum absolute atomic E-state index is 10.8. The van der Waals surface area contributed by atoms with Crippen LogP contribution in [-0.2, 0) is 0 Å². The first-order valence-corrected chi connectivity index (χ1v) is 10.1. The van der Waals surface area contributed by atoms with Crippen LogP contribution >= 0.6 is 0 Å². The first kappa shape index (κ1) is 17.1. The second kappa shape index (κ2) is 6.86. The second-order valence-electron chi connectivity index (χ2n) is 8.55. The molecule has 0 amide bonds. The Morgan fingerprint density at radius 1 is 0.577 bits per heavy atom. The molecule has 142 valence electrons. The van der Waals surface area contributed by atoms with Gasteiger partial charge in [-0.25, -0.2) is 0 Å². The number of nitrogens with one attached hydrogen (secondary N) is 4. The van der Waals surface area contributed by atoms with Gasteiger partial charge in [0.15, 0.2) is 0 Å². The first-order chi connectivity index (χ1) is 12.7. The van der Waals surface area contributed by atoms with E-state index in [9.17, 15) is 10.2 Å². The highest BCUT2D eigenvalue weighted by Crippen LogP contribution is 2.26. The standard InChI is InChI=1S/C20H30N4O2/c25-19-15-5-1-11(21-15)9-12-2-6-17(22-12)20(26)18-8-4-14(24-18)10-13-3-7-16(19)23-13/h1-3,5-7,11-26H,4,8-10H2. The Bertz CT molecular complexity index is 621. The zero-order valence-corrected chi connectivity index (χ0v) is 15.0. The number of rotatable bonds is 0. The van der Waals surface area contributed by atoms with Crippen molar-refractivity contribution in [2.45, 2.75) is 86.2 Å². The van der Waals surface area contributed by atoms with Crippen LogP contribution in [0.3, 0.4) is 0 Å². The van der Waals surface area contributed by atoms with Gasteiger partial charge in [-0.2, -0.15) is 0 Å². The Kier molecular flexibility index (Phi) is 4.51. The SMILES string of the molecule is OC1C2C=CC(CC3C=CC(N3)C(O)C3CCC(CC4C=CC1N4)N3)N2. The lowest BCUT2D eigenvalue weighted by Crippen LogP contribution is -2.53. The summed E-state index contributed by atoms with van der Waals surface area (Å²) in [5.41, 5.74) is 0. The molecule has 6 N–H and O–H groups in total. The smallest absolute Gasteiger partial charge is 0.0917 e. The number of fused-ring (bicyclic) bond motifs is 8. The molecule has 5 rings (SSSR count). The van der Waals surface area contributed by atoms with Gasteiger partial charge in [0.25, 0.3) is 0 Å². The largest absolute Gasteiger partial charge is 0.390 e. The van der Waals surface area contributed by atoms with Crippen molar-refractivity contribution >= 4 is 0 Å². The minimum atomic E-state index is -0.462. The van der Waals surface area contributed by atoms with Gasteiger partial charge in [0.05, 0.1) is 30.3 Å². The molecule has 5 aliphatic heterocycles. The number of aliphatic hydroxyl groups excluding tert-OH is 2. The maximum Gasteiger partial charge on any atom is 0.0917 e. The van der Waals surface area contributed by atoms with Gasteiger partial charge in [0, 0.05) is 30.2 Å². The number of hydrogen-bond donors (Lipinski definition) is 6. The van der Waals surface area contributed by atoms with Crippen LogP contribution < -0.4 is 21.3 Å². The van der Waals surface area contributed by atoms with Crippen LogP contribution in [0.2, 0.25) is 0 Å². The van der Waals surface area contributed by atoms with Gasteiger partial charge in [0.1, 0.15) is 0 Å². The van der Waals surface area contributed by atoms with Gasteiger partial charge >= 0.3 is 0 Å². The van der Waals surface area contributed by atoms with E-state index in [2.05, 4.69) is 57.7 Å². The van der Waals surface area contributed by atoms with E-state index in [-0.39, 0.29) is 42.3 Å². The van der Waals surface area contributed by atoms with E-state index in [0.29, 0.717) is 6.04 Å². The monoisotopic (exact) mass is 358 g/mol. The van der Waals surface area contributed by atoms with Gasteiger partial charge in [-0.05, 0) is 25.7 Å². The molecule has 0 spiro atoms. The lowest BCUT2D eigenvalue weighted by Gasteiger charge is -2.29. The fourth-order valence-electron chi connectivity index (χ4n) is 5.27. The highest BCUT2D eigenvalue weighted by atomic mass is 16.3. The predicted octanol–water partition coefficient (Wildman–Crippen LogP) is -0.688. The van der Waals surface area contributed by atoms with Crippen LogP contribution in [0.4, 0.5) is 0 Å². The Balaban J connectivity index is 1.34. The summed E-state index contributed by atoms with van der Waals surface area (Å²) in [5.74, 6) is 0. The maximum atomic E-state index is 10.8. The third-order valence-corrected chi connectivity index (χ3v) is 6.71. The van der Waals surface area contributed by atoms with E-state index < -0.39 is 12.2 Å². The predicted molar refractivity (Wildman–Crippen MR) is 101 cm³/mol. The van der Waals surface area contributed by atoms with Crippen molar-refractivity contribution in [1.29, 1.82) is 0 Å². The van der Waals surface area contributed by atoms with Crippen molar-refractivity contribution in [3.05, 3.63) is 36.5 Å². The Morgan fingerprint density at radius 2 is 1.12 bits per heavy atom. The van der Waals surface area contributed by atoms with Gasteiger partial charge < -0.3 is 31.5 Å². The molecule has 6 nitrogen and oxygen atoms in total. The molecule has 0 aliphatic carbocycles. The van der Waals surface area contributed by atoms with Crippen LogP contribution in [0, 0.1) is 0 Å². The Labute approximate surface area is 154 Å². The molecule has 10 unspecified atom stereocenters. The van der Waals surface area contributed by atoms with Crippen molar-refractivity contribution in [3.63, 3.8) is 0 Å². The van der Waals surface area contributed by atoms with Crippen LogP contribution in [0.5, 0.6) is 0 Å². The molecular weight excluding hydrogens is 328 g/mol. The molecule has 0 aromatic rings. The fraction of sp³-hybridized carbons (Fsp3) is 0.700. The molecule has 6 heteroatoms. The average molecular weight is 358 g/mol. The molecule has 5 aliphatic rings. The first-order valence-electron chi connectivity index (χ1n) is 10.1. The van der Waals surface area contributed by atoms with Crippen molar-refractivity contribution in [2.75, 3.05) is 0 Å². The summed E-state index contributed by atoms with van der Waals surface area (Å²) < 4.78 is 0. The molecule has 0 aromatic carbocycles. The Morgan fingerprint density at radius 3 is 1.73 bits per heavy atom. The van der Waals surface area contributed by atoms with Gasteiger partial charge in [-0.3, -0.25) is 0 Å². The molecule has 10 atom stereocenters. The third kappa shape index (κ3) is 3.19. The molecule has 2 fully saturated rings. The fourth-order valence-corrected chi connectivity index (χ4v) is 5.27. The number of hydrogen-bond acceptors (Lipinski definition) is 6. The average Bonchev–Trinajstić information content (AvgIpc) is 3.41. The summed E-state index contributed by atoms with van der Waals surface area (Å²) in [6.45, 7) is 0. The molecule has 26 heavy (non-hydrogen) atoms. The molecule has 0 saturated carbocycles. The third-order valence-electron chi connectivity index (χ3n) is 6.71. The van der Waals surface area contributed by atoms with E-state index >= 15 is 0 Å². The minimum Gasteiger partial charge on any atom is -0.390 e. The van der Waals surface area contributed by atoms with E-state index in [4.69, 9.17) is 0 Å². The summed E-state index contributed by atoms with van der Waals surface area (Å²) in [4.78, 5) is 0. The normalized spacial score (nSPS) is 52.8. The van der Waals surface area contributed by atoms with Gasteiger partial charge in [0.2, 0.25) is 0 Å². The molecule has 2 saturated heterocycles. The lowest BCUT2D eigenvalue weighted by atomic mass is 10.0. The zero-order chi connectivity index (χ0) is 17.7. The number of aliphatic hydroxyl groups is 2. The van der Waals surface area contributed by atoms with E-state index in [1.54, 1.807) is 0 Å². The summed E-state index contributed by atoms with van der Waals surface area (Å²) in [7, 11) is 0. The van der Waals surface area contributed by atoms with Gasteiger partial charge in [-0.1, -0.05) is 36.5 Å². The van der Waals surface area contributed by atoms with Crippen LogP contribution in [-0.4, -0.2) is 70.8 Å².